The summed E-state index contributed by atoms with van der Waals surface area (Å²) in [5.41, 5.74) is 1.47. The number of hydrogen-bond acceptors (Lipinski definition) is 2. The van der Waals surface area contributed by atoms with E-state index in [0.717, 1.165) is 10.0 Å². The van der Waals surface area contributed by atoms with Gasteiger partial charge in [-0.3, -0.25) is 9.59 Å². The number of nitrogens with zero attached hydrogens (tertiary/aromatic N) is 1. The lowest BCUT2D eigenvalue weighted by Gasteiger charge is -2.17. The minimum Gasteiger partial charge on any atom is -0.352 e. The highest BCUT2D eigenvalue weighted by atomic mass is 79.9. The molecule has 1 aliphatic heterocycles. The maximum absolute atomic E-state index is 13.3. The van der Waals surface area contributed by atoms with E-state index in [0.29, 0.717) is 12.2 Å². The number of amides is 2. The van der Waals surface area contributed by atoms with Gasteiger partial charge in [-0.2, -0.15) is 0 Å². The fourth-order valence-electron chi connectivity index (χ4n) is 2.77. The van der Waals surface area contributed by atoms with E-state index in [9.17, 15) is 14.0 Å². The molecule has 0 aromatic heterocycles. The van der Waals surface area contributed by atoms with Crippen LogP contribution in [0, 0.1) is 11.7 Å². The Morgan fingerprint density at radius 3 is 2.84 bits per heavy atom. The Balaban J connectivity index is 1.63. The number of benzene rings is 2. The molecule has 2 aromatic carbocycles. The molecule has 1 fully saturated rings. The van der Waals surface area contributed by atoms with Gasteiger partial charge in [-0.15, -0.1) is 0 Å². The Morgan fingerprint density at radius 1 is 1.32 bits per heavy atom. The second-order valence-corrected chi connectivity index (χ2v) is 7.17. The summed E-state index contributed by atoms with van der Waals surface area (Å²) in [7, 11) is 0. The van der Waals surface area contributed by atoms with E-state index in [2.05, 4.69) is 21.2 Å². The molecule has 2 aromatic rings. The van der Waals surface area contributed by atoms with Crippen molar-refractivity contribution in [3.63, 3.8) is 0 Å². The minimum absolute atomic E-state index is 0.0483. The van der Waals surface area contributed by atoms with Crippen molar-refractivity contribution < 1.29 is 14.0 Å². The molecule has 1 aliphatic rings. The van der Waals surface area contributed by atoms with Crippen molar-refractivity contribution in [2.45, 2.75) is 13.0 Å². The molecule has 7 heteroatoms. The van der Waals surface area contributed by atoms with E-state index in [1.807, 2.05) is 24.3 Å². The molecule has 25 heavy (non-hydrogen) atoms. The van der Waals surface area contributed by atoms with Crippen molar-refractivity contribution in [3.05, 3.63) is 63.3 Å². The molecule has 0 bridgehead atoms. The van der Waals surface area contributed by atoms with E-state index in [4.69, 9.17) is 11.6 Å². The van der Waals surface area contributed by atoms with Gasteiger partial charge in [0.15, 0.2) is 0 Å². The van der Waals surface area contributed by atoms with Crippen molar-refractivity contribution in [2.24, 2.45) is 5.92 Å². The van der Waals surface area contributed by atoms with Gasteiger partial charge in [0.05, 0.1) is 10.9 Å². The van der Waals surface area contributed by atoms with Crippen LogP contribution >= 0.6 is 27.5 Å². The van der Waals surface area contributed by atoms with Crippen LogP contribution in [0.2, 0.25) is 5.02 Å². The molecule has 0 spiro atoms. The van der Waals surface area contributed by atoms with Gasteiger partial charge in [0.25, 0.3) is 0 Å². The lowest BCUT2D eigenvalue weighted by Crippen LogP contribution is -2.32. The summed E-state index contributed by atoms with van der Waals surface area (Å²) in [6, 6.07) is 11.7. The largest absolute Gasteiger partial charge is 0.352 e. The van der Waals surface area contributed by atoms with Crippen molar-refractivity contribution in [3.8, 4) is 0 Å². The maximum Gasteiger partial charge on any atom is 0.227 e. The third-order valence-corrected chi connectivity index (χ3v) is 4.85. The molecule has 0 aliphatic carbocycles. The quantitative estimate of drug-likeness (QED) is 0.807. The Bertz CT molecular complexity index is 830. The summed E-state index contributed by atoms with van der Waals surface area (Å²) in [5.74, 6) is -1.34. The van der Waals surface area contributed by atoms with Crippen LogP contribution in [-0.4, -0.2) is 18.4 Å². The van der Waals surface area contributed by atoms with E-state index >= 15 is 0 Å². The fraction of sp³-hybridized carbons (Fsp3) is 0.222. The Labute approximate surface area is 158 Å². The van der Waals surface area contributed by atoms with Crippen molar-refractivity contribution in [2.75, 3.05) is 11.4 Å². The lowest BCUT2D eigenvalue weighted by molar-refractivity contribution is -0.126. The van der Waals surface area contributed by atoms with Crippen molar-refractivity contribution in [1.29, 1.82) is 0 Å². The molecule has 1 atom stereocenters. The number of halogens is 3. The molecule has 4 nitrogen and oxygen atoms in total. The van der Waals surface area contributed by atoms with Crippen LogP contribution in [0.25, 0.3) is 0 Å². The first-order valence-electron chi connectivity index (χ1n) is 7.71. The van der Waals surface area contributed by atoms with Crippen LogP contribution in [0.3, 0.4) is 0 Å². The van der Waals surface area contributed by atoms with Gasteiger partial charge in [-0.1, -0.05) is 39.7 Å². The fourth-order valence-corrected chi connectivity index (χ4v) is 3.39. The van der Waals surface area contributed by atoms with E-state index in [1.165, 1.54) is 23.1 Å². The summed E-state index contributed by atoms with van der Waals surface area (Å²) in [4.78, 5) is 26.0. The van der Waals surface area contributed by atoms with Gasteiger partial charge in [-0.05, 0) is 35.9 Å². The molecular formula is C18H15BrClFN2O2. The van der Waals surface area contributed by atoms with Gasteiger partial charge in [0, 0.05) is 29.7 Å². The maximum atomic E-state index is 13.3. The zero-order valence-corrected chi connectivity index (χ0v) is 15.5. The molecule has 3 rings (SSSR count). The number of rotatable bonds is 4. The number of nitrogens with one attached hydrogen (secondary N) is 1. The molecular weight excluding hydrogens is 411 g/mol. The second kappa shape index (κ2) is 7.54. The van der Waals surface area contributed by atoms with Crippen molar-refractivity contribution in [1.82, 2.24) is 5.32 Å². The normalized spacial score (nSPS) is 17.0. The van der Waals surface area contributed by atoms with Gasteiger partial charge < -0.3 is 10.2 Å². The Hall–Kier alpha value is -1.92. The highest BCUT2D eigenvalue weighted by Gasteiger charge is 2.35. The number of anilines is 1. The number of carbonyl (C=O) groups is 2. The monoisotopic (exact) mass is 424 g/mol. The van der Waals surface area contributed by atoms with Gasteiger partial charge in [0.1, 0.15) is 5.82 Å². The zero-order chi connectivity index (χ0) is 18.0. The molecule has 0 radical (unpaired) electrons. The average molecular weight is 426 g/mol. The number of hydrogen-bond donors (Lipinski definition) is 1. The van der Waals surface area contributed by atoms with Crippen LogP contribution in [0.15, 0.2) is 46.9 Å². The topological polar surface area (TPSA) is 49.4 Å². The standard InChI is InChI=1S/C18H15BrClFN2O2/c19-13-3-1-2-11(6-13)9-22-18(25)12-7-17(24)23(10-12)14-4-5-16(21)15(20)8-14/h1-6,8,12H,7,9-10H2,(H,22,25). The van der Waals surface area contributed by atoms with Crippen molar-refractivity contribution >= 4 is 45.0 Å². The molecule has 2 amide bonds. The smallest absolute Gasteiger partial charge is 0.227 e. The van der Waals surface area contributed by atoms with Crippen LogP contribution in [0.1, 0.15) is 12.0 Å². The second-order valence-electron chi connectivity index (χ2n) is 5.85. The first-order valence-corrected chi connectivity index (χ1v) is 8.88. The summed E-state index contributed by atoms with van der Waals surface area (Å²) in [6.45, 7) is 0.649. The van der Waals surface area contributed by atoms with Crippen LogP contribution in [-0.2, 0) is 16.1 Å². The zero-order valence-electron chi connectivity index (χ0n) is 13.1. The number of carbonyl (C=O) groups excluding carboxylic acids is 2. The molecule has 1 heterocycles. The molecule has 0 saturated carbocycles. The summed E-state index contributed by atoms with van der Waals surface area (Å²) >= 11 is 9.16. The first kappa shape index (κ1) is 17.9. The Morgan fingerprint density at radius 2 is 2.12 bits per heavy atom. The molecule has 1 N–H and O–H groups in total. The molecule has 1 unspecified atom stereocenters. The molecule has 1 saturated heterocycles. The third-order valence-electron chi connectivity index (χ3n) is 4.07. The van der Waals surface area contributed by atoms with Gasteiger partial charge in [-0.25, -0.2) is 4.39 Å². The highest BCUT2D eigenvalue weighted by molar-refractivity contribution is 9.10. The minimum atomic E-state index is -0.541. The first-order chi connectivity index (χ1) is 11.9. The summed E-state index contributed by atoms with van der Waals surface area (Å²) < 4.78 is 14.2. The van der Waals surface area contributed by atoms with Crippen LogP contribution in [0.5, 0.6) is 0 Å². The Kier molecular flexibility index (Phi) is 5.39. The lowest BCUT2D eigenvalue weighted by atomic mass is 10.1. The summed E-state index contributed by atoms with van der Waals surface area (Å²) in [5, 5.41) is 2.81. The average Bonchev–Trinajstić information content (AvgIpc) is 2.97. The predicted molar refractivity (Wildman–Crippen MR) is 97.9 cm³/mol. The third kappa shape index (κ3) is 4.19. The van der Waals surface area contributed by atoms with Crippen LogP contribution < -0.4 is 10.2 Å². The van der Waals surface area contributed by atoms with E-state index in [-0.39, 0.29) is 29.8 Å². The van der Waals surface area contributed by atoms with Gasteiger partial charge in [0.2, 0.25) is 11.8 Å². The highest BCUT2D eigenvalue weighted by Crippen LogP contribution is 2.28. The van der Waals surface area contributed by atoms with Crippen LogP contribution in [0.4, 0.5) is 10.1 Å². The summed E-state index contributed by atoms with van der Waals surface area (Å²) in [6.07, 6.45) is 0.124. The molecule has 130 valence electrons. The van der Waals surface area contributed by atoms with Gasteiger partial charge >= 0.3 is 0 Å². The SMILES string of the molecule is O=C(NCc1cccc(Br)c1)C1CC(=O)N(c2ccc(F)c(Cl)c2)C1. The van der Waals surface area contributed by atoms with E-state index < -0.39 is 11.7 Å². The predicted octanol–water partition coefficient (Wildman–Crippen LogP) is 3.91. The van der Waals surface area contributed by atoms with E-state index in [1.54, 1.807) is 0 Å².